The molecule has 3 aromatic rings. The van der Waals surface area contributed by atoms with Gasteiger partial charge >= 0.3 is 0 Å². The molecule has 0 spiro atoms. The van der Waals surface area contributed by atoms with Gasteiger partial charge in [0.05, 0.1) is 12.2 Å². The van der Waals surface area contributed by atoms with E-state index in [9.17, 15) is 18.0 Å². The fourth-order valence-corrected chi connectivity index (χ4v) is 2.76. The number of rotatable bonds is 6. The van der Waals surface area contributed by atoms with Crippen molar-refractivity contribution in [3.05, 3.63) is 70.5 Å². The van der Waals surface area contributed by atoms with E-state index >= 15 is 0 Å². The van der Waals surface area contributed by atoms with Gasteiger partial charge in [-0.1, -0.05) is 29.5 Å². The summed E-state index contributed by atoms with van der Waals surface area (Å²) in [5.41, 5.74) is -0.618. The zero-order valence-electron chi connectivity index (χ0n) is 13.2. The molecule has 0 fully saturated rings. The summed E-state index contributed by atoms with van der Waals surface area (Å²) in [6.07, 6.45) is 0.460. The minimum absolute atomic E-state index is 0.119. The van der Waals surface area contributed by atoms with Crippen LogP contribution in [0.2, 0.25) is 0 Å². The topological polar surface area (TPSA) is 64.1 Å². The molecule has 0 saturated carbocycles. The minimum atomic E-state index is -1.70. The molecule has 3 rings (SSSR count). The molecule has 0 unspecified atom stereocenters. The smallest absolute Gasteiger partial charge is 0.260 e. The Morgan fingerprint density at radius 3 is 2.58 bits per heavy atom. The van der Waals surface area contributed by atoms with Crippen molar-refractivity contribution in [2.75, 3.05) is 11.9 Å². The fourth-order valence-electron chi connectivity index (χ4n) is 2.04. The first-order chi connectivity index (χ1) is 12.5. The van der Waals surface area contributed by atoms with Crippen molar-refractivity contribution < 1.29 is 22.7 Å². The Balaban J connectivity index is 1.58. The largest absolute Gasteiger partial charge is 0.493 e. The molecule has 1 heterocycles. The highest BCUT2D eigenvalue weighted by Crippen LogP contribution is 2.20. The first-order valence-electron chi connectivity index (χ1n) is 7.49. The maximum absolute atomic E-state index is 13.6. The lowest BCUT2D eigenvalue weighted by atomic mass is 10.2. The maximum Gasteiger partial charge on any atom is 0.260 e. The minimum Gasteiger partial charge on any atom is -0.493 e. The number of nitrogens with one attached hydrogen (secondary N) is 1. The van der Waals surface area contributed by atoms with Gasteiger partial charge in [-0.2, -0.15) is 0 Å². The van der Waals surface area contributed by atoms with Gasteiger partial charge in [-0.25, -0.2) is 13.2 Å². The number of amides is 1. The van der Waals surface area contributed by atoms with Crippen LogP contribution in [0.4, 0.5) is 18.3 Å². The number of para-hydroxylation sites is 1. The van der Waals surface area contributed by atoms with Crippen LogP contribution in [0.1, 0.15) is 15.4 Å². The number of hydrogen-bond donors (Lipinski definition) is 1. The summed E-state index contributed by atoms with van der Waals surface area (Å²) >= 11 is 1.08. The average molecular weight is 379 g/mol. The van der Waals surface area contributed by atoms with Gasteiger partial charge in [0.1, 0.15) is 10.8 Å². The number of aromatic nitrogens is 2. The second kappa shape index (κ2) is 7.96. The molecule has 0 aliphatic carbocycles. The molecule has 0 saturated heterocycles. The van der Waals surface area contributed by atoms with E-state index in [1.54, 1.807) is 0 Å². The van der Waals surface area contributed by atoms with Gasteiger partial charge in [-0.15, -0.1) is 10.2 Å². The predicted molar refractivity (Wildman–Crippen MR) is 89.8 cm³/mol. The normalized spacial score (nSPS) is 10.6. The molecule has 9 heteroatoms. The van der Waals surface area contributed by atoms with E-state index in [1.807, 2.05) is 30.3 Å². The Morgan fingerprint density at radius 1 is 1.04 bits per heavy atom. The van der Waals surface area contributed by atoms with Crippen molar-refractivity contribution in [3.8, 4) is 5.75 Å². The highest BCUT2D eigenvalue weighted by atomic mass is 32.1. The summed E-state index contributed by atoms with van der Waals surface area (Å²) in [7, 11) is 0. The number of anilines is 1. The average Bonchev–Trinajstić information content (AvgIpc) is 3.08. The molecule has 26 heavy (non-hydrogen) atoms. The van der Waals surface area contributed by atoms with Crippen LogP contribution in [0.5, 0.6) is 5.75 Å². The first kappa shape index (κ1) is 17.9. The lowest BCUT2D eigenvalue weighted by molar-refractivity contribution is 0.102. The van der Waals surface area contributed by atoms with Crippen molar-refractivity contribution in [2.45, 2.75) is 6.42 Å². The van der Waals surface area contributed by atoms with Gasteiger partial charge in [0.15, 0.2) is 17.5 Å². The molecule has 1 N–H and O–H groups in total. The molecular weight excluding hydrogens is 367 g/mol. The number of halogens is 3. The van der Waals surface area contributed by atoms with Crippen molar-refractivity contribution in [1.82, 2.24) is 10.2 Å². The summed E-state index contributed by atoms with van der Waals surface area (Å²) in [6.45, 7) is 0.365. The Kier molecular flexibility index (Phi) is 5.47. The van der Waals surface area contributed by atoms with E-state index < -0.39 is 28.9 Å². The number of hydrogen-bond acceptors (Lipinski definition) is 5. The van der Waals surface area contributed by atoms with Crippen LogP contribution in [0.25, 0.3) is 0 Å². The van der Waals surface area contributed by atoms with Crippen molar-refractivity contribution in [2.24, 2.45) is 0 Å². The van der Waals surface area contributed by atoms with Gasteiger partial charge in [-0.05, 0) is 24.3 Å². The van der Waals surface area contributed by atoms with Crippen LogP contribution in [0.15, 0.2) is 42.5 Å². The molecule has 1 amide bonds. The van der Waals surface area contributed by atoms with E-state index in [-0.39, 0.29) is 5.13 Å². The van der Waals surface area contributed by atoms with Gasteiger partial charge in [0, 0.05) is 6.42 Å². The molecule has 5 nitrogen and oxygen atoms in total. The summed E-state index contributed by atoms with van der Waals surface area (Å²) < 4.78 is 45.3. The molecule has 2 aromatic carbocycles. The number of nitrogens with zero attached hydrogens (tertiary/aromatic N) is 2. The third-order valence-corrected chi connectivity index (χ3v) is 4.19. The second-order valence-electron chi connectivity index (χ2n) is 5.09. The van der Waals surface area contributed by atoms with Crippen LogP contribution in [-0.4, -0.2) is 22.7 Å². The number of carbonyl (C=O) groups excluding carboxylic acids is 1. The van der Waals surface area contributed by atoms with E-state index in [0.717, 1.165) is 23.2 Å². The van der Waals surface area contributed by atoms with Gasteiger partial charge in [-0.3, -0.25) is 10.1 Å². The molecule has 134 valence electrons. The third-order valence-electron chi connectivity index (χ3n) is 3.29. The van der Waals surface area contributed by atoms with Crippen molar-refractivity contribution in [1.29, 1.82) is 0 Å². The van der Waals surface area contributed by atoms with Gasteiger partial charge < -0.3 is 4.74 Å². The summed E-state index contributed by atoms with van der Waals surface area (Å²) in [5.74, 6) is -4.84. The van der Waals surface area contributed by atoms with Gasteiger partial charge in [0.25, 0.3) is 5.91 Å². The number of ether oxygens (including phenoxy) is 1. The van der Waals surface area contributed by atoms with Crippen LogP contribution in [0.3, 0.4) is 0 Å². The highest BCUT2D eigenvalue weighted by Gasteiger charge is 2.20. The Bertz CT molecular complexity index is 919. The number of benzene rings is 2. The van der Waals surface area contributed by atoms with E-state index in [4.69, 9.17) is 4.74 Å². The summed E-state index contributed by atoms with van der Waals surface area (Å²) in [5, 5.41) is 10.7. The molecular formula is C17H12F3N3O2S. The zero-order chi connectivity index (χ0) is 18.5. The lowest BCUT2D eigenvalue weighted by Crippen LogP contribution is -2.15. The van der Waals surface area contributed by atoms with E-state index in [0.29, 0.717) is 24.1 Å². The quantitative estimate of drug-likeness (QED) is 0.661. The monoisotopic (exact) mass is 379 g/mol. The first-order valence-corrected chi connectivity index (χ1v) is 8.31. The Hall–Kier alpha value is -2.94. The lowest BCUT2D eigenvalue weighted by Gasteiger charge is -2.04. The predicted octanol–water partition coefficient (Wildman–Crippen LogP) is 3.83. The van der Waals surface area contributed by atoms with E-state index in [2.05, 4.69) is 15.5 Å². The highest BCUT2D eigenvalue weighted by molar-refractivity contribution is 7.15. The molecule has 1 aromatic heterocycles. The number of carbonyl (C=O) groups is 1. The summed E-state index contributed by atoms with van der Waals surface area (Å²) in [4.78, 5) is 12.0. The van der Waals surface area contributed by atoms with E-state index in [1.165, 1.54) is 0 Å². The Morgan fingerprint density at radius 2 is 1.81 bits per heavy atom. The second-order valence-corrected chi connectivity index (χ2v) is 6.15. The summed E-state index contributed by atoms with van der Waals surface area (Å²) in [6, 6.07) is 10.8. The molecule has 0 bridgehead atoms. The Labute approximate surface area is 150 Å². The van der Waals surface area contributed by atoms with Crippen molar-refractivity contribution >= 4 is 22.4 Å². The van der Waals surface area contributed by atoms with Crippen LogP contribution >= 0.6 is 11.3 Å². The molecule has 0 radical (unpaired) electrons. The molecule has 0 aliphatic rings. The zero-order valence-corrected chi connectivity index (χ0v) is 14.0. The van der Waals surface area contributed by atoms with Crippen LogP contribution in [0, 0.1) is 17.5 Å². The third kappa shape index (κ3) is 4.17. The van der Waals surface area contributed by atoms with Crippen LogP contribution in [-0.2, 0) is 6.42 Å². The van der Waals surface area contributed by atoms with Crippen molar-refractivity contribution in [3.63, 3.8) is 0 Å². The van der Waals surface area contributed by atoms with Crippen LogP contribution < -0.4 is 10.1 Å². The molecule has 0 atom stereocenters. The standard InChI is InChI=1S/C17H12F3N3O2S/c18-12-7-6-11(14(19)15(12)20)16(24)21-17-23-22-13(26-17)8-9-25-10-4-2-1-3-5-10/h1-7H,8-9H2,(H,21,23,24). The maximum atomic E-state index is 13.6. The van der Waals surface area contributed by atoms with Gasteiger partial charge in [0.2, 0.25) is 5.13 Å². The fraction of sp³-hybridized carbons (Fsp3) is 0.118. The SMILES string of the molecule is O=C(Nc1nnc(CCOc2ccccc2)s1)c1ccc(F)c(F)c1F. The molecule has 0 aliphatic heterocycles.